The van der Waals surface area contributed by atoms with Crippen molar-refractivity contribution in [2.75, 3.05) is 13.2 Å². The van der Waals surface area contributed by atoms with Crippen molar-refractivity contribution in [3.63, 3.8) is 0 Å². The molecule has 262 valence electrons. The highest BCUT2D eigenvalue weighted by Gasteiger charge is 2.56. The van der Waals surface area contributed by atoms with Gasteiger partial charge < -0.3 is 9.47 Å². The van der Waals surface area contributed by atoms with Crippen molar-refractivity contribution < 1.29 is 33.5 Å². The van der Waals surface area contributed by atoms with E-state index in [1.807, 2.05) is 64.1 Å². The molecule has 0 aliphatic carbocycles. The van der Waals surface area contributed by atoms with Crippen LogP contribution in [0.1, 0.15) is 99.0 Å². The standard InChI is InChI=1S/C36H56N4O7/c1-24(2)22-27(32(42)38-37)30(33(43)39-47-29-17-11-12-21-45-29)36(23-25(3)4,19-18-26-14-9-8-10-15-26)31(41)28-16-13-20-40(28)34(44)46-35(5,6)7/h8-10,14-15,18-19,24-25,27-30H,11-13,16-17,20-23,37H2,1-7H3,(H,38,42)(H,39,43)/t27-,28-,29?,30-,36?/m1/s1. The number of rotatable bonds is 14. The molecule has 1 aromatic rings. The van der Waals surface area contributed by atoms with Crippen LogP contribution in [0.4, 0.5) is 4.79 Å². The Bertz CT molecular complexity index is 1220. The SMILES string of the molecule is CC(C)C[C@@H](C(=O)NN)[C@H](C(=O)NOC1CCCCO1)C(C=Cc1ccccc1)(CC(C)C)C(=O)[C@H]1CCCN1C(=O)OC(C)(C)C. The Hall–Kier alpha value is -3.28. The highest BCUT2D eigenvalue weighted by molar-refractivity contribution is 6.00. The second-order valence-corrected chi connectivity index (χ2v) is 14.7. The van der Waals surface area contributed by atoms with E-state index in [9.17, 15) is 14.4 Å². The molecule has 2 heterocycles. The van der Waals surface area contributed by atoms with Crippen LogP contribution in [0.3, 0.4) is 0 Å². The lowest BCUT2D eigenvalue weighted by Crippen LogP contribution is -2.58. The first-order chi connectivity index (χ1) is 22.2. The van der Waals surface area contributed by atoms with Crippen molar-refractivity contribution >= 4 is 29.8 Å². The van der Waals surface area contributed by atoms with Gasteiger partial charge in [-0.15, -0.1) is 0 Å². The van der Waals surface area contributed by atoms with Gasteiger partial charge >= 0.3 is 6.09 Å². The summed E-state index contributed by atoms with van der Waals surface area (Å²) in [6, 6.07) is 8.60. The maximum absolute atomic E-state index is 15.3. The normalized spacial score (nSPS) is 21.4. The number of hydroxylamine groups is 1. The largest absolute Gasteiger partial charge is 0.444 e. The number of ketones is 1. The maximum atomic E-state index is 15.3. The number of Topliss-reactive ketones (excluding diaryl/α,β-unsaturated/α-hetero) is 1. The van der Waals surface area contributed by atoms with E-state index in [1.165, 1.54) is 4.90 Å². The van der Waals surface area contributed by atoms with Crippen LogP contribution in [-0.2, 0) is 28.7 Å². The van der Waals surface area contributed by atoms with Crippen LogP contribution in [0.25, 0.3) is 6.08 Å². The quantitative estimate of drug-likeness (QED) is 0.134. The summed E-state index contributed by atoms with van der Waals surface area (Å²) in [6.07, 6.45) is 6.22. The lowest BCUT2D eigenvalue weighted by atomic mass is 9.59. The molecule has 3 rings (SSSR count). The summed E-state index contributed by atoms with van der Waals surface area (Å²) < 4.78 is 11.4. The molecule has 1 aromatic carbocycles. The number of amides is 3. The summed E-state index contributed by atoms with van der Waals surface area (Å²) in [4.78, 5) is 64.3. The summed E-state index contributed by atoms with van der Waals surface area (Å²) in [5, 5.41) is 0. The smallest absolute Gasteiger partial charge is 0.410 e. The summed E-state index contributed by atoms with van der Waals surface area (Å²) in [5.74, 6) is 1.89. The third-order valence-corrected chi connectivity index (χ3v) is 8.63. The molecule has 2 aliphatic rings. The molecule has 2 fully saturated rings. The van der Waals surface area contributed by atoms with E-state index in [1.54, 1.807) is 26.8 Å². The average molecular weight is 657 g/mol. The van der Waals surface area contributed by atoms with Crippen LogP contribution in [0.15, 0.2) is 36.4 Å². The van der Waals surface area contributed by atoms with E-state index < -0.39 is 53.1 Å². The van der Waals surface area contributed by atoms with Crippen LogP contribution in [0.5, 0.6) is 0 Å². The molecular formula is C36H56N4O7. The van der Waals surface area contributed by atoms with Gasteiger partial charge in [-0.2, -0.15) is 0 Å². The molecule has 0 saturated carbocycles. The Morgan fingerprint density at radius 2 is 1.70 bits per heavy atom. The topological polar surface area (TPSA) is 149 Å². The van der Waals surface area contributed by atoms with Gasteiger partial charge in [0.05, 0.1) is 23.3 Å². The minimum Gasteiger partial charge on any atom is -0.444 e. The molecule has 0 bridgehead atoms. The average Bonchev–Trinajstić information content (AvgIpc) is 3.51. The lowest BCUT2D eigenvalue weighted by Gasteiger charge is -2.44. The molecule has 2 unspecified atom stereocenters. The Morgan fingerprint density at radius 3 is 2.28 bits per heavy atom. The molecule has 0 aromatic heterocycles. The van der Waals surface area contributed by atoms with Gasteiger partial charge in [0.1, 0.15) is 5.60 Å². The highest BCUT2D eigenvalue weighted by Crippen LogP contribution is 2.47. The van der Waals surface area contributed by atoms with Crippen LogP contribution in [0.2, 0.25) is 0 Å². The van der Waals surface area contributed by atoms with E-state index >= 15 is 4.79 Å². The number of nitrogens with zero attached hydrogens (tertiary/aromatic N) is 1. The fourth-order valence-electron chi connectivity index (χ4n) is 6.78. The van der Waals surface area contributed by atoms with E-state index in [0.29, 0.717) is 32.4 Å². The van der Waals surface area contributed by atoms with Crippen LogP contribution in [-0.4, -0.2) is 59.7 Å². The number of allylic oxidation sites excluding steroid dienone is 1. The van der Waals surface area contributed by atoms with Gasteiger partial charge in [-0.25, -0.2) is 21.0 Å². The molecule has 3 amide bonds. The first-order valence-electron chi connectivity index (χ1n) is 17.0. The number of hydrazine groups is 1. The van der Waals surface area contributed by atoms with Crippen molar-refractivity contribution in [1.29, 1.82) is 0 Å². The van der Waals surface area contributed by atoms with Crippen molar-refractivity contribution in [3.05, 3.63) is 42.0 Å². The minimum absolute atomic E-state index is 0.0232. The molecular weight excluding hydrogens is 600 g/mol. The monoisotopic (exact) mass is 656 g/mol. The number of carbonyl (C=O) groups is 4. The number of ether oxygens (including phenoxy) is 2. The van der Waals surface area contributed by atoms with Gasteiger partial charge in [-0.1, -0.05) is 70.2 Å². The number of hydrogen-bond donors (Lipinski definition) is 3. The predicted molar refractivity (Wildman–Crippen MR) is 180 cm³/mol. The Kier molecular flexibility index (Phi) is 14.0. The van der Waals surface area contributed by atoms with Crippen molar-refractivity contribution in [1.82, 2.24) is 15.8 Å². The number of benzene rings is 1. The Labute approximate surface area is 280 Å². The first-order valence-corrected chi connectivity index (χ1v) is 17.0. The zero-order valence-corrected chi connectivity index (χ0v) is 29.3. The fourth-order valence-corrected chi connectivity index (χ4v) is 6.78. The van der Waals surface area contributed by atoms with Crippen LogP contribution in [0, 0.1) is 29.1 Å². The van der Waals surface area contributed by atoms with Crippen molar-refractivity contribution in [2.45, 2.75) is 111 Å². The lowest BCUT2D eigenvalue weighted by molar-refractivity contribution is -0.205. The molecule has 4 N–H and O–H groups in total. The van der Waals surface area contributed by atoms with Gasteiger partial charge in [0.15, 0.2) is 12.1 Å². The summed E-state index contributed by atoms with van der Waals surface area (Å²) >= 11 is 0. The molecule has 5 atom stereocenters. The van der Waals surface area contributed by atoms with E-state index in [2.05, 4.69) is 10.9 Å². The van der Waals surface area contributed by atoms with Crippen LogP contribution < -0.4 is 16.7 Å². The zero-order valence-electron chi connectivity index (χ0n) is 29.3. The predicted octanol–water partition coefficient (Wildman–Crippen LogP) is 5.54. The molecule has 11 heteroatoms. The molecule has 47 heavy (non-hydrogen) atoms. The van der Waals surface area contributed by atoms with E-state index in [4.69, 9.17) is 20.2 Å². The summed E-state index contributed by atoms with van der Waals surface area (Å²) in [6.45, 7) is 14.0. The second-order valence-electron chi connectivity index (χ2n) is 14.7. The maximum Gasteiger partial charge on any atom is 0.410 e. The van der Waals surface area contributed by atoms with Gasteiger partial charge in [0.25, 0.3) is 0 Å². The fraction of sp³-hybridized carbons (Fsp3) is 0.667. The number of hydrogen-bond acceptors (Lipinski definition) is 8. The minimum atomic E-state index is -1.55. The zero-order chi connectivity index (χ0) is 34.8. The molecule has 0 spiro atoms. The van der Waals surface area contributed by atoms with E-state index in [-0.39, 0.29) is 30.5 Å². The van der Waals surface area contributed by atoms with E-state index in [0.717, 1.165) is 18.4 Å². The van der Waals surface area contributed by atoms with Gasteiger partial charge in [-0.3, -0.25) is 24.7 Å². The summed E-state index contributed by atoms with van der Waals surface area (Å²) in [5.41, 5.74) is 3.37. The van der Waals surface area contributed by atoms with Crippen molar-refractivity contribution in [3.8, 4) is 0 Å². The van der Waals surface area contributed by atoms with Crippen molar-refractivity contribution in [2.24, 2.45) is 34.9 Å². The molecule has 2 aliphatic heterocycles. The number of carbonyl (C=O) groups excluding carboxylic acids is 4. The van der Waals surface area contributed by atoms with Gasteiger partial charge in [-0.05, 0) is 76.7 Å². The highest BCUT2D eigenvalue weighted by atomic mass is 16.8. The Balaban J connectivity index is 2.25. The number of nitrogens with two attached hydrogens (primary N) is 1. The number of nitrogens with one attached hydrogen (secondary N) is 2. The van der Waals surface area contributed by atoms with Gasteiger partial charge in [0, 0.05) is 19.6 Å². The number of likely N-dealkylation sites (tertiary alicyclic amines) is 1. The molecule has 0 radical (unpaired) electrons. The third kappa shape index (κ3) is 10.6. The summed E-state index contributed by atoms with van der Waals surface area (Å²) in [7, 11) is 0. The third-order valence-electron chi connectivity index (χ3n) is 8.63. The van der Waals surface area contributed by atoms with Crippen LogP contribution >= 0.6 is 0 Å². The Morgan fingerprint density at radius 1 is 1.00 bits per heavy atom. The van der Waals surface area contributed by atoms with Gasteiger partial charge in [0.2, 0.25) is 11.8 Å². The molecule has 11 nitrogen and oxygen atoms in total. The first kappa shape index (κ1) is 38.2. The molecule has 2 saturated heterocycles. The second kappa shape index (κ2) is 17.2.